The standard InChI is InChI=1S/C20H25NO4/c1-21(2)6-5-20-9-17(24)14(11-23)7-15(20)16(21)8-12-3-4-13(10-22)19(25)18(12)20/h3-4,7,15-16,22-23H,5-6,8-11H2,1-2H3/p+1/t15?,16?,20-/m1/s1. The first-order valence-electron chi connectivity index (χ1n) is 8.96. The van der Waals surface area contributed by atoms with E-state index in [1.165, 1.54) is 0 Å². The number of likely N-dealkylation sites (N-methyl/N-ethyl adjacent to an activating group) is 1. The fourth-order valence-corrected chi connectivity index (χ4v) is 5.46. The molecule has 3 atom stereocenters. The van der Waals surface area contributed by atoms with E-state index in [2.05, 4.69) is 14.1 Å². The molecule has 1 aliphatic heterocycles. The van der Waals surface area contributed by atoms with Crippen LogP contribution in [0.4, 0.5) is 0 Å². The minimum Gasteiger partial charge on any atom is -0.507 e. The Hall–Kier alpha value is -1.69. The largest absolute Gasteiger partial charge is 0.507 e. The summed E-state index contributed by atoms with van der Waals surface area (Å²) in [6.07, 6.45) is 3.95. The first kappa shape index (κ1) is 16.8. The predicted octanol–water partition coefficient (Wildman–Crippen LogP) is 1.03. The van der Waals surface area contributed by atoms with Crippen molar-refractivity contribution in [1.82, 2.24) is 0 Å². The van der Waals surface area contributed by atoms with Gasteiger partial charge in [-0.3, -0.25) is 4.79 Å². The number of phenols is 1. The van der Waals surface area contributed by atoms with Gasteiger partial charge in [-0.25, -0.2) is 0 Å². The van der Waals surface area contributed by atoms with E-state index in [1.54, 1.807) is 6.07 Å². The van der Waals surface area contributed by atoms with Gasteiger partial charge in [0.1, 0.15) is 5.75 Å². The summed E-state index contributed by atoms with van der Waals surface area (Å²) >= 11 is 0. The minimum absolute atomic E-state index is 0.0219. The quantitative estimate of drug-likeness (QED) is 0.701. The Balaban J connectivity index is 1.99. The van der Waals surface area contributed by atoms with E-state index in [0.717, 1.165) is 35.0 Å². The van der Waals surface area contributed by atoms with Gasteiger partial charge in [-0.05, 0) is 5.56 Å². The van der Waals surface area contributed by atoms with Gasteiger partial charge in [-0.2, -0.15) is 0 Å². The Morgan fingerprint density at radius 1 is 1.24 bits per heavy atom. The number of aliphatic hydroxyl groups excluding tert-OH is 2. The Morgan fingerprint density at radius 3 is 2.68 bits per heavy atom. The lowest BCUT2D eigenvalue weighted by Gasteiger charge is -2.59. The smallest absolute Gasteiger partial charge is 0.161 e. The van der Waals surface area contributed by atoms with Gasteiger partial charge < -0.3 is 19.8 Å². The fourth-order valence-electron chi connectivity index (χ4n) is 5.46. The average molecular weight is 344 g/mol. The van der Waals surface area contributed by atoms with Crippen molar-refractivity contribution < 1.29 is 24.6 Å². The molecule has 2 unspecified atom stereocenters. The first-order chi connectivity index (χ1) is 11.8. The van der Waals surface area contributed by atoms with Crippen molar-refractivity contribution in [2.75, 3.05) is 27.2 Å². The molecule has 0 radical (unpaired) electrons. The number of nitrogens with zero attached hydrogens (tertiary/aromatic N) is 1. The van der Waals surface area contributed by atoms with E-state index >= 15 is 0 Å². The number of Topliss-reactive ketones (excluding diaryl/α,β-unsaturated/α-hetero) is 1. The van der Waals surface area contributed by atoms with Crippen LogP contribution in [0.25, 0.3) is 0 Å². The molecule has 1 aromatic rings. The highest BCUT2D eigenvalue weighted by atomic mass is 16.3. The molecule has 0 saturated carbocycles. The van der Waals surface area contributed by atoms with Crippen LogP contribution in [0.15, 0.2) is 23.8 Å². The highest BCUT2D eigenvalue weighted by Gasteiger charge is 2.60. The topological polar surface area (TPSA) is 77.8 Å². The minimum atomic E-state index is -0.420. The van der Waals surface area contributed by atoms with Crippen LogP contribution in [0.1, 0.15) is 29.5 Å². The molecule has 0 amide bonds. The molecule has 1 saturated heterocycles. The normalized spacial score (nSPS) is 32.6. The Bertz CT molecular complexity index is 782. The number of aliphatic hydroxyl groups is 2. The van der Waals surface area contributed by atoms with Crippen LogP contribution >= 0.6 is 0 Å². The van der Waals surface area contributed by atoms with Crippen molar-refractivity contribution in [2.45, 2.75) is 37.3 Å². The lowest BCUT2D eigenvalue weighted by atomic mass is 9.52. The summed E-state index contributed by atoms with van der Waals surface area (Å²) in [5.74, 6) is 0.249. The van der Waals surface area contributed by atoms with Crippen molar-refractivity contribution in [3.8, 4) is 5.75 Å². The number of rotatable bonds is 2. The number of piperidine rings is 1. The number of hydrogen-bond donors (Lipinski definition) is 3. The number of carbonyl (C=O) groups excluding carboxylic acids is 1. The van der Waals surface area contributed by atoms with Crippen molar-refractivity contribution in [2.24, 2.45) is 5.92 Å². The van der Waals surface area contributed by atoms with Gasteiger partial charge in [0, 0.05) is 47.3 Å². The van der Waals surface area contributed by atoms with E-state index in [0.29, 0.717) is 23.6 Å². The lowest BCUT2D eigenvalue weighted by Crippen LogP contribution is -2.67. The van der Waals surface area contributed by atoms with Crippen LogP contribution in [0, 0.1) is 5.92 Å². The van der Waals surface area contributed by atoms with Crippen LogP contribution in [-0.2, 0) is 23.2 Å². The van der Waals surface area contributed by atoms with Gasteiger partial charge >= 0.3 is 0 Å². The third-order valence-corrected chi connectivity index (χ3v) is 6.91. The molecule has 5 nitrogen and oxygen atoms in total. The number of aromatic hydroxyl groups is 1. The van der Waals surface area contributed by atoms with Crippen LogP contribution in [0.5, 0.6) is 5.75 Å². The maximum atomic E-state index is 12.6. The van der Waals surface area contributed by atoms with E-state index in [4.69, 9.17) is 0 Å². The van der Waals surface area contributed by atoms with E-state index in [-0.39, 0.29) is 30.7 Å². The number of quaternary nitrogens is 1. The zero-order chi connectivity index (χ0) is 18.0. The summed E-state index contributed by atoms with van der Waals surface area (Å²) in [5.41, 5.74) is 2.57. The number of carbonyl (C=O) groups is 1. The molecule has 1 heterocycles. The molecule has 2 aliphatic carbocycles. The highest BCUT2D eigenvalue weighted by molar-refractivity contribution is 5.98. The predicted molar refractivity (Wildman–Crippen MR) is 93.1 cm³/mol. The number of hydrogen-bond acceptors (Lipinski definition) is 4. The van der Waals surface area contributed by atoms with Gasteiger partial charge in [0.25, 0.3) is 0 Å². The zero-order valence-electron chi connectivity index (χ0n) is 14.8. The molecular formula is C20H26NO4+. The van der Waals surface area contributed by atoms with Crippen molar-refractivity contribution in [3.05, 3.63) is 40.5 Å². The van der Waals surface area contributed by atoms with Gasteiger partial charge in [0.15, 0.2) is 5.78 Å². The second-order valence-corrected chi connectivity index (χ2v) is 8.42. The second-order valence-electron chi connectivity index (χ2n) is 8.42. The molecule has 1 fully saturated rings. The molecule has 25 heavy (non-hydrogen) atoms. The summed E-state index contributed by atoms with van der Waals surface area (Å²) < 4.78 is 0.873. The van der Waals surface area contributed by atoms with Gasteiger partial charge in [-0.15, -0.1) is 0 Å². The average Bonchev–Trinajstić information content (AvgIpc) is 2.58. The summed E-state index contributed by atoms with van der Waals surface area (Å²) in [4.78, 5) is 12.6. The van der Waals surface area contributed by atoms with Gasteiger partial charge in [0.2, 0.25) is 0 Å². The molecule has 0 spiro atoms. The summed E-state index contributed by atoms with van der Waals surface area (Å²) in [6.45, 7) is 0.510. The second kappa shape index (κ2) is 5.40. The lowest BCUT2D eigenvalue weighted by molar-refractivity contribution is -0.925. The third kappa shape index (κ3) is 2.16. The molecule has 3 N–H and O–H groups in total. The van der Waals surface area contributed by atoms with Crippen LogP contribution < -0.4 is 0 Å². The van der Waals surface area contributed by atoms with Crippen molar-refractivity contribution in [1.29, 1.82) is 0 Å². The number of ketones is 1. The third-order valence-electron chi connectivity index (χ3n) is 6.91. The molecule has 5 heteroatoms. The Kier molecular flexibility index (Phi) is 3.62. The molecule has 1 aromatic carbocycles. The number of likely N-dealkylation sites (tertiary alicyclic amines) is 1. The first-order valence-corrected chi connectivity index (χ1v) is 8.96. The van der Waals surface area contributed by atoms with E-state index in [1.807, 2.05) is 12.1 Å². The van der Waals surface area contributed by atoms with Crippen LogP contribution in [0.3, 0.4) is 0 Å². The van der Waals surface area contributed by atoms with Crippen molar-refractivity contribution in [3.63, 3.8) is 0 Å². The van der Waals surface area contributed by atoms with Crippen molar-refractivity contribution >= 4 is 5.78 Å². The maximum absolute atomic E-state index is 12.6. The van der Waals surface area contributed by atoms with Crippen LogP contribution in [0.2, 0.25) is 0 Å². The maximum Gasteiger partial charge on any atom is 0.161 e. The molecule has 134 valence electrons. The van der Waals surface area contributed by atoms with E-state index in [9.17, 15) is 20.1 Å². The number of benzene rings is 1. The molecule has 4 rings (SSSR count). The monoisotopic (exact) mass is 344 g/mol. The summed E-state index contributed by atoms with van der Waals surface area (Å²) in [7, 11) is 4.45. The van der Waals surface area contributed by atoms with E-state index < -0.39 is 5.41 Å². The van der Waals surface area contributed by atoms with Crippen LogP contribution in [-0.4, -0.2) is 58.9 Å². The summed E-state index contributed by atoms with van der Waals surface area (Å²) in [5, 5.41) is 30.1. The molecule has 3 aliphatic rings. The summed E-state index contributed by atoms with van der Waals surface area (Å²) in [6, 6.07) is 4.11. The number of fused-ring (bicyclic) bond motifs is 1. The Labute approximate surface area is 147 Å². The zero-order valence-corrected chi connectivity index (χ0v) is 14.8. The molecule has 2 bridgehead atoms. The molecule has 0 aromatic heterocycles. The SMILES string of the molecule is C[N+]1(C)CC[C@@]23CC(=O)C(CO)=CC2C1Cc1ccc(CO)c(O)c13. The van der Waals surface area contributed by atoms with Gasteiger partial charge in [-0.1, -0.05) is 18.2 Å². The fraction of sp³-hybridized carbons (Fsp3) is 0.550. The van der Waals surface area contributed by atoms with Gasteiger partial charge in [0.05, 0.1) is 39.9 Å². The molecular weight excluding hydrogens is 318 g/mol. The highest BCUT2D eigenvalue weighted by Crippen LogP contribution is 2.57. The Morgan fingerprint density at radius 2 is 2.00 bits per heavy atom.